The van der Waals surface area contributed by atoms with Crippen molar-refractivity contribution >= 4 is 6.08 Å². The van der Waals surface area contributed by atoms with Crippen molar-refractivity contribution < 1.29 is 13.9 Å². The first kappa shape index (κ1) is 20.4. The van der Waals surface area contributed by atoms with E-state index in [1.807, 2.05) is 66.7 Å². The Morgan fingerprint density at radius 1 is 0.774 bits per heavy atom. The maximum atomic E-state index is 13.9. The van der Waals surface area contributed by atoms with Gasteiger partial charge in [0, 0.05) is 17.2 Å². The van der Waals surface area contributed by atoms with Crippen LogP contribution in [0.15, 0.2) is 97.6 Å². The molecule has 31 heavy (non-hydrogen) atoms. The molecule has 0 aliphatic carbocycles. The third-order valence-electron chi connectivity index (χ3n) is 4.81. The standard InChI is InChI=1S/C27H22FNO2/c1-2-22-17-23(13-15-25(22)28)24-14-16-26(30-18-20-9-5-3-6-10-20)29-27(24)31-19-21-11-7-4-8-12-21/h2-17H,1,18-19H2. The van der Waals surface area contributed by atoms with E-state index in [0.717, 1.165) is 22.3 Å². The number of hydrogen-bond donors (Lipinski definition) is 0. The first-order valence-corrected chi connectivity index (χ1v) is 10.00. The zero-order chi connectivity index (χ0) is 21.5. The summed E-state index contributed by atoms with van der Waals surface area (Å²) in [5.41, 5.74) is 4.05. The summed E-state index contributed by atoms with van der Waals surface area (Å²) >= 11 is 0. The molecular weight excluding hydrogens is 389 g/mol. The van der Waals surface area contributed by atoms with Crippen molar-refractivity contribution in [1.82, 2.24) is 4.98 Å². The topological polar surface area (TPSA) is 31.4 Å². The quantitative estimate of drug-likeness (QED) is 0.324. The Kier molecular flexibility index (Phi) is 6.38. The van der Waals surface area contributed by atoms with Crippen LogP contribution in [0.25, 0.3) is 17.2 Å². The zero-order valence-electron chi connectivity index (χ0n) is 17.0. The second kappa shape index (κ2) is 9.72. The third-order valence-corrected chi connectivity index (χ3v) is 4.81. The average molecular weight is 411 g/mol. The van der Waals surface area contributed by atoms with Gasteiger partial charge in [-0.1, -0.05) is 79.4 Å². The van der Waals surface area contributed by atoms with Gasteiger partial charge in [0.1, 0.15) is 19.0 Å². The molecule has 1 aromatic heterocycles. The number of nitrogens with zero attached hydrogens (tertiary/aromatic N) is 1. The van der Waals surface area contributed by atoms with E-state index in [0.29, 0.717) is 30.5 Å². The summed E-state index contributed by atoms with van der Waals surface area (Å²) in [6, 6.07) is 28.3. The zero-order valence-corrected chi connectivity index (χ0v) is 17.0. The molecule has 0 saturated heterocycles. The van der Waals surface area contributed by atoms with E-state index >= 15 is 0 Å². The lowest BCUT2D eigenvalue weighted by atomic mass is 10.0. The fourth-order valence-electron chi connectivity index (χ4n) is 3.16. The Morgan fingerprint density at radius 3 is 2.06 bits per heavy atom. The fourth-order valence-corrected chi connectivity index (χ4v) is 3.16. The molecular formula is C27H22FNO2. The van der Waals surface area contributed by atoms with Crippen LogP contribution in [0.5, 0.6) is 11.8 Å². The Labute approximate surface area is 181 Å². The van der Waals surface area contributed by atoms with Crippen molar-refractivity contribution in [3.8, 4) is 22.9 Å². The molecule has 3 aromatic carbocycles. The lowest BCUT2D eigenvalue weighted by molar-refractivity contribution is 0.268. The molecule has 4 rings (SSSR count). The van der Waals surface area contributed by atoms with Gasteiger partial charge in [0.2, 0.25) is 11.8 Å². The molecule has 0 aliphatic rings. The Bertz CT molecular complexity index is 1160. The van der Waals surface area contributed by atoms with Gasteiger partial charge in [0.15, 0.2) is 0 Å². The van der Waals surface area contributed by atoms with E-state index < -0.39 is 0 Å². The SMILES string of the molecule is C=Cc1cc(-c2ccc(OCc3ccccc3)nc2OCc2ccccc2)ccc1F. The molecule has 0 radical (unpaired) electrons. The lowest BCUT2D eigenvalue weighted by Gasteiger charge is -2.14. The molecule has 154 valence electrons. The molecule has 0 N–H and O–H groups in total. The van der Waals surface area contributed by atoms with Crippen LogP contribution in [-0.2, 0) is 13.2 Å². The second-order valence-electron chi connectivity index (χ2n) is 6.99. The molecule has 0 unspecified atom stereocenters. The number of benzene rings is 3. The van der Waals surface area contributed by atoms with Gasteiger partial charge in [-0.05, 0) is 34.9 Å². The van der Waals surface area contributed by atoms with Gasteiger partial charge in [-0.3, -0.25) is 0 Å². The monoisotopic (exact) mass is 411 g/mol. The highest BCUT2D eigenvalue weighted by atomic mass is 19.1. The van der Waals surface area contributed by atoms with E-state index in [-0.39, 0.29) is 5.82 Å². The largest absolute Gasteiger partial charge is 0.473 e. The minimum atomic E-state index is -0.318. The summed E-state index contributed by atoms with van der Waals surface area (Å²) in [7, 11) is 0. The van der Waals surface area contributed by atoms with Crippen molar-refractivity contribution in [2.75, 3.05) is 0 Å². The van der Waals surface area contributed by atoms with Crippen molar-refractivity contribution in [1.29, 1.82) is 0 Å². The predicted octanol–water partition coefficient (Wildman–Crippen LogP) is 6.69. The molecule has 0 saturated carbocycles. The lowest BCUT2D eigenvalue weighted by Crippen LogP contribution is -2.02. The fraction of sp³-hybridized carbons (Fsp3) is 0.0741. The van der Waals surface area contributed by atoms with Crippen molar-refractivity contribution in [2.24, 2.45) is 0 Å². The van der Waals surface area contributed by atoms with Crippen molar-refractivity contribution in [3.05, 3.63) is 120 Å². The predicted molar refractivity (Wildman–Crippen MR) is 121 cm³/mol. The third kappa shape index (κ3) is 5.17. The summed E-state index contributed by atoms with van der Waals surface area (Å²) in [5, 5.41) is 0. The molecule has 0 bridgehead atoms. The van der Waals surface area contributed by atoms with E-state index in [2.05, 4.69) is 11.6 Å². The maximum Gasteiger partial charge on any atom is 0.225 e. The van der Waals surface area contributed by atoms with Gasteiger partial charge in [0.05, 0.1) is 0 Å². The molecule has 4 heteroatoms. The van der Waals surface area contributed by atoms with Crippen LogP contribution in [0.4, 0.5) is 4.39 Å². The number of rotatable bonds is 8. The molecule has 0 fully saturated rings. The highest BCUT2D eigenvalue weighted by Crippen LogP contribution is 2.32. The highest BCUT2D eigenvalue weighted by molar-refractivity contribution is 5.71. The minimum Gasteiger partial charge on any atom is -0.473 e. The molecule has 3 nitrogen and oxygen atoms in total. The maximum absolute atomic E-state index is 13.9. The van der Waals surface area contributed by atoms with Gasteiger partial charge in [0.25, 0.3) is 0 Å². The Morgan fingerprint density at radius 2 is 1.42 bits per heavy atom. The Balaban J connectivity index is 1.63. The van der Waals surface area contributed by atoms with Crippen LogP contribution >= 0.6 is 0 Å². The first-order valence-electron chi connectivity index (χ1n) is 10.00. The van der Waals surface area contributed by atoms with Crippen LogP contribution in [0.1, 0.15) is 16.7 Å². The number of aromatic nitrogens is 1. The van der Waals surface area contributed by atoms with Gasteiger partial charge in [-0.15, -0.1) is 0 Å². The summed E-state index contributed by atoms with van der Waals surface area (Å²) in [6.45, 7) is 4.45. The van der Waals surface area contributed by atoms with Crippen LogP contribution in [-0.4, -0.2) is 4.98 Å². The van der Waals surface area contributed by atoms with Crippen molar-refractivity contribution in [3.63, 3.8) is 0 Å². The minimum absolute atomic E-state index is 0.318. The van der Waals surface area contributed by atoms with Crippen LogP contribution in [0.2, 0.25) is 0 Å². The van der Waals surface area contributed by atoms with E-state index in [1.54, 1.807) is 18.2 Å². The molecule has 0 spiro atoms. The molecule has 0 aliphatic heterocycles. The first-order chi connectivity index (χ1) is 15.2. The van der Waals surface area contributed by atoms with Crippen LogP contribution in [0, 0.1) is 5.82 Å². The Hall–Kier alpha value is -3.92. The molecule has 0 atom stereocenters. The summed E-state index contributed by atoms with van der Waals surface area (Å²) in [5.74, 6) is 0.569. The second-order valence-corrected chi connectivity index (χ2v) is 6.99. The van der Waals surface area contributed by atoms with Crippen molar-refractivity contribution in [2.45, 2.75) is 13.2 Å². The van der Waals surface area contributed by atoms with Gasteiger partial charge in [-0.2, -0.15) is 4.98 Å². The van der Waals surface area contributed by atoms with E-state index in [1.165, 1.54) is 12.1 Å². The number of halogens is 1. The highest BCUT2D eigenvalue weighted by Gasteiger charge is 2.13. The van der Waals surface area contributed by atoms with E-state index in [4.69, 9.17) is 9.47 Å². The number of hydrogen-bond acceptors (Lipinski definition) is 3. The molecule has 1 heterocycles. The smallest absolute Gasteiger partial charge is 0.225 e. The average Bonchev–Trinajstić information content (AvgIpc) is 2.83. The van der Waals surface area contributed by atoms with E-state index in [9.17, 15) is 4.39 Å². The van der Waals surface area contributed by atoms with Crippen LogP contribution < -0.4 is 9.47 Å². The summed E-state index contributed by atoms with van der Waals surface area (Å²) in [6.07, 6.45) is 1.49. The van der Waals surface area contributed by atoms with Gasteiger partial charge >= 0.3 is 0 Å². The van der Waals surface area contributed by atoms with Gasteiger partial charge in [-0.25, -0.2) is 4.39 Å². The number of ether oxygens (including phenoxy) is 2. The number of pyridine rings is 1. The summed E-state index contributed by atoms with van der Waals surface area (Å²) in [4.78, 5) is 4.59. The van der Waals surface area contributed by atoms with Crippen LogP contribution in [0.3, 0.4) is 0 Å². The molecule has 0 amide bonds. The van der Waals surface area contributed by atoms with Gasteiger partial charge < -0.3 is 9.47 Å². The summed E-state index contributed by atoms with van der Waals surface area (Å²) < 4.78 is 25.9. The normalized spacial score (nSPS) is 10.5. The molecule has 4 aromatic rings.